The average molecular weight is 642 g/mol. The number of allylic oxidation sites excluding steroid dienone is 1. The maximum atomic E-state index is 14.8. The van der Waals surface area contributed by atoms with Crippen LogP contribution in [0.5, 0.6) is 0 Å². The van der Waals surface area contributed by atoms with Crippen molar-refractivity contribution < 1.29 is 33.8 Å². The van der Waals surface area contributed by atoms with Gasteiger partial charge in [-0.15, -0.1) is 0 Å². The van der Waals surface area contributed by atoms with Crippen molar-refractivity contribution in [2.75, 3.05) is 31.1 Å². The number of carbonyl (C=O) groups is 4. The van der Waals surface area contributed by atoms with Crippen molar-refractivity contribution in [3.8, 4) is 0 Å². The Morgan fingerprint density at radius 2 is 1.79 bits per heavy atom. The number of aliphatic hydroxyl groups is 1. The number of ether oxygens (including phenoxy) is 2. The van der Waals surface area contributed by atoms with Gasteiger partial charge in [-0.3, -0.25) is 19.2 Å². The molecule has 0 radical (unpaired) electrons. The number of cyclic esters (lactones) is 1. The minimum atomic E-state index is -1.41. The number of aliphatic hydroxyl groups excluding tert-OH is 1. The average Bonchev–Trinajstić information content (AvgIpc) is 3.45. The second-order valence-corrected chi connectivity index (χ2v) is 12.9. The Hall–Kier alpha value is -4.28. The highest BCUT2D eigenvalue weighted by Crippen LogP contribution is 2.53. The molecule has 10 heteroatoms. The van der Waals surface area contributed by atoms with Crippen LogP contribution >= 0.6 is 0 Å². The number of nitrogens with zero attached hydrogens (tertiary/aromatic N) is 2. The summed E-state index contributed by atoms with van der Waals surface area (Å²) in [6.45, 7) is 4.62. The zero-order valence-electron chi connectivity index (χ0n) is 27.0. The zero-order valence-corrected chi connectivity index (χ0v) is 27.0. The first-order chi connectivity index (χ1) is 22.7. The van der Waals surface area contributed by atoms with Gasteiger partial charge in [-0.1, -0.05) is 66.8 Å². The van der Waals surface area contributed by atoms with Crippen LogP contribution in [-0.4, -0.2) is 77.7 Å². The third kappa shape index (κ3) is 6.24. The lowest BCUT2D eigenvalue weighted by molar-refractivity contribution is -0.159. The highest BCUT2D eigenvalue weighted by atomic mass is 16.6. The Morgan fingerprint density at radius 3 is 2.57 bits per heavy atom. The number of fused-ring (bicyclic) bond motifs is 2. The minimum absolute atomic E-state index is 0.0418. The van der Waals surface area contributed by atoms with Crippen LogP contribution in [-0.2, 0) is 28.7 Å². The fraction of sp³-hybridized carbons (Fsp3) is 0.459. The van der Waals surface area contributed by atoms with Gasteiger partial charge in [0.25, 0.3) is 5.91 Å². The van der Waals surface area contributed by atoms with Crippen LogP contribution in [0.1, 0.15) is 54.9 Å². The number of esters is 1. The van der Waals surface area contributed by atoms with E-state index in [9.17, 15) is 24.3 Å². The first kappa shape index (κ1) is 32.7. The molecule has 2 aromatic rings. The number of nitrogens with one attached hydrogen (secondary N) is 1. The molecule has 4 heterocycles. The molecule has 4 aliphatic rings. The van der Waals surface area contributed by atoms with Crippen molar-refractivity contribution >= 4 is 29.4 Å². The van der Waals surface area contributed by atoms with Crippen molar-refractivity contribution in [2.45, 2.75) is 69.8 Å². The molecule has 2 N–H and O–H groups in total. The summed E-state index contributed by atoms with van der Waals surface area (Å²) in [6.07, 6.45) is 8.12. The number of likely N-dealkylation sites (tertiary alicyclic amines) is 1. The van der Waals surface area contributed by atoms with Gasteiger partial charge < -0.3 is 29.7 Å². The summed E-state index contributed by atoms with van der Waals surface area (Å²) in [6, 6.07) is 14.1. The molecule has 2 aromatic carbocycles. The summed E-state index contributed by atoms with van der Waals surface area (Å²) in [7, 11) is 0. The first-order valence-electron chi connectivity index (χ1n) is 16.6. The summed E-state index contributed by atoms with van der Waals surface area (Å²) < 4.78 is 13.0. The first-order valence-corrected chi connectivity index (χ1v) is 16.6. The van der Waals surface area contributed by atoms with Crippen molar-refractivity contribution in [1.29, 1.82) is 0 Å². The second kappa shape index (κ2) is 13.8. The molecule has 0 unspecified atom stereocenters. The van der Waals surface area contributed by atoms with Crippen LogP contribution in [0.4, 0.5) is 5.69 Å². The number of anilines is 1. The van der Waals surface area contributed by atoms with E-state index in [4.69, 9.17) is 9.47 Å². The summed E-state index contributed by atoms with van der Waals surface area (Å²) in [5.41, 5.74) is 2.01. The Morgan fingerprint density at radius 1 is 0.979 bits per heavy atom. The fourth-order valence-electron chi connectivity index (χ4n) is 7.44. The Labute approximate surface area is 275 Å². The third-order valence-corrected chi connectivity index (χ3v) is 9.76. The van der Waals surface area contributed by atoms with E-state index in [-0.39, 0.29) is 50.4 Å². The maximum absolute atomic E-state index is 14.8. The molecular formula is C37H43N3O7. The van der Waals surface area contributed by atoms with Gasteiger partial charge in [-0.2, -0.15) is 0 Å². The van der Waals surface area contributed by atoms with E-state index in [0.29, 0.717) is 31.2 Å². The van der Waals surface area contributed by atoms with Crippen molar-refractivity contribution in [3.63, 3.8) is 0 Å². The lowest BCUT2D eigenvalue weighted by Gasteiger charge is -2.35. The number of amides is 3. The molecule has 2 fully saturated rings. The lowest BCUT2D eigenvalue weighted by atomic mass is 9.77. The highest BCUT2D eigenvalue weighted by Gasteiger charge is 2.71. The van der Waals surface area contributed by atoms with Gasteiger partial charge in [0, 0.05) is 31.8 Å². The summed E-state index contributed by atoms with van der Waals surface area (Å²) in [5, 5.41) is 12.2. The van der Waals surface area contributed by atoms with Crippen LogP contribution in [0, 0.1) is 25.7 Å². The summed E-state index contributed by atoms with van der Waals surface area (Å²) >= 11 is 0. The molecule has 3 amide bonds. The van der Waals surface area contributed by atoms with Crippen LogP contribution < -0.4 is 10.2 Å². The van der Waals surface area contributed by atoms with Gasteiger partial charge in [0.05, 0.1) is 18.6 Å². The molecule has 6 atom stereocenters. The van der Waals surface area contributed by atoms with E-state index < -0.39 is 41.7 Å². The second-order valence-electron chi connectivity index (χ2n) is 12.9. The van der Waals surface area contributed by atoms with Gasteiger partial charge >= 0.3 is 5.97 Å². The molecule has 0 aliphatic carbocycles. The molecule has 4 aliphatic heterocycles. The van der Waals surface area contributed by atoms with E-state index in [1.807, 2.05) is 74.5 Å². The zero-order chi connectivity index (χ0) is 33.1. The molecule has 6 rings (SSSR count). The highest BCUT2D eigenvalue weighted by molar-refractivity contribution is 6.06. The largest absolute Gasteiger partial charge is 0.455 e. The normalized spacial score (nSPS) is 30.0. The monoisotopic (exact) mass is 641 g/mol. The van der Waals surface area contributed by atoms with E-state index in [0.717, 1.165) is 16.8 Å². The lowest BCUT2D eigenvalue weighted by Crippen LogP contribution is -2.55. The molecule has 10 nitrogen and oxygen atoms in total. The topological polar surface area (TPSA) is 125 Å². The van der Waals surface area contributed by atoms with Crippen LogP contribution in [0.2, 0.25) is 0 Å². The number of aryl methyl sites for hydroxylation is 2. The molecule has 0 saturated carbocycles. The number of hydrogen-bond acceptors (Lipinski definition) is 7. The SMILES string of the molecule is Cc1ccc(C)c(N2CC=C[C@]34O[C@@H]5/C=C\CCC(=O)NC[C@@H](c6ccccc6)OC(=O)[C@@H]5[C@H]3C(=O)N(CCCCCO)[C@@H]4C2=O)c1. The quantitative estimate of drug-likeness (QED) is 0.268. The summed E-state index contributed by atoms with van der Waals surface area (Å²) in [4.78, 5) is 59.6. The predicted molar refractivity (Wildman–Crippen MR) is 175 cm³/mol. The standard InChI is InChI=1S/C37H43N3O7/c1-24-16-17-25(2)27(22-24)39-20-11-18-37-32(34(43)40(33(37)35(39)44)19-9-4-10-21-41)31-28(47-37)14-7-8-15-30(42)38-23-29(46-36(31)45)26-12-5-3-6-13-26/h3,5-7,11-14,16-18,22,28-29,31-33,41H,4,8-10,15,19-21,23H2,1-2H3,(H,38,42)/b14-7-/t28-,29+,31+,32+,33-,37+/m1/s1. The number of unbranched alkanes of at least 4 members (excludes halogenated alkanes) is 2. The number of hydrogen-bond donors (Lipinski definition) is 2. The van der Waals surface area contributed by atoms with E-state index in [2.05, 4.69) is 5.32 Å². The van der Waals surface area contributed by atoms with Crippen molar-refractivity contribution in [2.24, 2.45) is 11.8 Å². The van der Waals surface area contributed by atoms with Crippen LogP contribution in [0.25, 0.3) is 0 Å². The maximum Gasteiger partial charge on any atom is 0.313 e. The van der Waals surface area contributed by atoms with Gasteiger partial charge in [0.15, 0.2) is 0 Å². The van der Waals surface area contributed by atoms with Crippen molar-refractivity contribution in [3.05, 3.63) is 89.5 Å². The number of rotatable bonds is 7. The molecule has 0 bridgehead atoms. The molecule has 248 valence electrons. The summed E-state index contributed by atoms with van der Waals surface area (Å²) in [5.74, 6) is -3.39. The Balaban J connectivity index is 1.42. The molecular weight excluding hydrogens is 598 g/mol. The van der Waals surface area contributed by atoms with Gasteiger partial charge in [-0.25, -0.2) is 0 Å². The molecule has 2 saturated heterocycles. The van der Waals surface area contributed by atoms with Crippen LogP contribution in [0.15, 0.2) is 72.8 Å². The van der Waals surface area contributed by atoms with Gasteiger partial charge in [0.2, 0.25) is 11.8 Å². The third-order valence-electron chi connectivity index (χ3n) is 9.76. The van der Waals surface area contributed by atoms with Crippen molar-refractivity contribution in [1.82, 2.24) is 10.2 Å². The Bertz CT molecular complexity index is 1570. The molecule has 47 heavy (non-hydrogen) atoms. The van der Waals surface area contributed by atoms with Gasteiger partial charge in [-0.05, 0) is 62.3 Å². The number of carbonyl (C=O) groups excluding carboxylic acids is 4. The minimum Gasteiger partial charge on any atom is -0.455 e. The van der Waals surface area contributed by atoms with Gasteiger partial charge in [0.1, 0.15) is 23.7 Å². The molecule has 1 spiro atoms. The predicted octanol–water partition coefficient (Wildman–Crippen LogP) is 3.70. The van der Waals surface area contributed by atoms with Crippen LogP contribution in [0.3, 0.4) is 0 Å². The van der Waals surface area contributed by atoms with E-state index in [1.54, 1.807) is 22.0 Å². The molecule has 0 aromatic heterocycles. The fourth-order valence-corrected chi connectivity index (χ4v) is 7.44. The van der Waals surface area contributed by atoms with E-state index >= 15 is 0 Å². The Kier molecular flexibility index (Phi) is 9.61. The van der Waals surface area contributed by atoms with E-state index in [1.165, 1.54) is 0 Å². The smallest absolute Gasteiger partial charge is 0.313 e. The number of benzene rings is 2.